The van der Waals surface area contributed by atoms with Crippen molar-refractivity contribution in [2.24, 2.45) is 0 Å². The Labute approximate surface area is 270 Å². The van der Waals surface area contributed by atoms with Gasteiger partial charge in [-0.15, -0.1) is 0 Å². The minimum Gasteiger partial charge on any atom is -0.435 e. The SMILES string of the molecule is c1ccc(-c2ccc3cc(-c4nc(-c5ccccc5)nc(-c5cccc6ccc7nc(-c8ccccc8)oc7c56)n4)ccc3c2)cc1. The Bertz CT molecular complexity index is 2560. The van der Waals surface area contributed by atoms with Crippen LogP contribution in [-0.2, 0) is 0 Å². The van der Waals surface area contributed by atoms with Crippen LogP contribution in [0, 0.1) is 0 Å². The Hall–Kier alpha value is -6.46. The highest BCUT2D eigenvalue weighted by atomic mass is 16.3. The summed E-state index contributed by atoms with van der Waals surface area (Å²) in [5.41, 5.74) is 7.49. The first-order valence-corrected chi connectivity index (χ1v) is 15.6. The van der Waals surface area contributed by atoms with Crippen LogP contribution in [-0.4, -0.2) is 19.9 Å². The number of rotatable bonds is 5. The van der Waals surface area contributed by atoms with Gasteiger partial charge in [-0.1, -0.05) is 127 Å². The first-order valence-electron chi connectivity index (χ1n) is 15.6. The summed E-state index contributed by atoms with van der Waals surface area (Å²) in [7, 11) is 0. The minimum absolute atomic E-state index is 0.573. The Morgan fingerprint density at radius 2 is 0.936 bits per heavy atom. The third kappa shape index (κ3) is 4.91. The second-order valence-corrected chi connectivity index (χ2v) is 11.5. The van der Waals surface area contributed by atoms with Crippen molar-refractivity contribution in [3.8, 4) is 56.7 Å². The molecule has 0 unspecified atom stereocenters. The van der Waals surface area contributed by atoms with Crippen molar-refractivity contribution < 1.29 is 4.42 Å². The zero-order chi connectivity index (χ0) is 31.2. The van der Waals surface area contributed by atoms with Crippen molar-refractivity contribution in [2.45, 2.75) is 0 Å². The van der Waals surface area contributed by atoms with E-state index in [1.807, 2.05) is 84.9 Å². The average Bonchev–Trinajstić information content (AvgIpc) is 3.60. The standard InChI is InChI=1S/C42H26N4O/c1-4-11-27(12-5-1)31-19-20-33-26-34(22-21-32(33)25-31)40-44-39(29-13-6-2-7-14-29)45-41(46-40)35-18-10-17-28-23-24-36-38(37(28)35)47-42(43-36)30-15-8-3-9-16-30/h1-26H. The van der Waals surface area contributed by atoms with Crippen LogP contribution >= 0.6 is 0 Å². The molecule has 220 valence electrons. The topological polar surface area (TPSA) is 64.7 Å². The van der Waals surface area contributed by atoms with Crippen LogP contribution in [0.5, 0.6) is 0 Å². The van der Waals surface area contributed by atoms with E-state index in [0.717, 1.165) is 49.3 Å². The van der Waals surface area contributed by atoms with Gasteiger partial charge in [-0.05, 0) is 57.6 Å². The molecule has 5 heteroatoms. The highest BCUT2D eigenvalue weighted by Crippen LogP contribution is 2.37. The summed E-state index contributed by atoms with van der Waals surface area (Å²) in [6.45, 7) is 0. The summed E-state index contributed by atoms with van der Waals surface area (Å²) < 4.78 is 6.47. The third-order valence-electron chi connectivity index (χ3n) is 8.53. The van der Waals surface area contributed by atoms with Crippen molar-refractivity contribution in [1.82, 2.24) is 19.9 Å². The summed E-state index contributed by atoms with van der Waals surface area (Å²) >= 11 is 0. The number of aromatic nitrogens is 4. The molecular formula is C42H26N4O. The van der Waals surface area contributed by atoms with E-state index in [4.69, 9.17) is 24.4 Å². The first-order chi connectivity index (χ1) is 23.3. The van der Waals surface area contributed by atoms with Crippen molar-refractivity contribution in [2.75, 3.05) is 0 Å². The number of nitrogens with zero attached hydrogens (tertiary/aromatic N) is 4. The molecule has 2 heterocycles. The maximum atomic E-state index is 6.47. The highest BCUT2D eigenvalue weighted by molar-refractivity contribution is 6.10. The molecule has 0 atom stereocenters. The van der Waals surface area contributed by atoms with E-state index in [9.17, 15) is 0 Å². The molecule has 0 amide bonds. The number of oxazole rings is 1. The smallest absolute Gasteiger partial charge is 0.227 e. The number of hydrogen-bond acceptors (Lipinski definition) is 5. The number of benzene rings is 7. The molecule has 0 aliphatic heterocycles. The average molecular weight is 603 g/mol. The summed E-state index contributed by atoms with van der Waals surface area (Å²) in [5, 5.41) is 4.22. The zero-order valence-corrected chi connectivity index (χ0v) is 25.2. The lowest BCUT2D eigenvalue weighted by atomic mass is 9.99. The molecule has 5 nitrogen and oxygen atoms in total. The van der Waals surface area contributed by atoms with Gasteiger partial charge in [0.25, 0.3) is 0 Å². The second kappa shape index (κ2) is 11.2. The van der Waals surface area contributed by atoms with Gasteiger partial charge in [0.1, 0.15) is 5.52 Å². The number of fused-ring (bicyclic) bond motifs is 4. The maximum absolute atomic E-state index is 6.47. The van der Waals surface area contributed by atoms with Crippen LogP contribution < -0.4 is 0 Å². The highest BCUT2D eigenvalue weighted by Gasteiger charge is 2.19. The number of hydrogen-bond donors (Lipinski definition) is 0. The van der Waals surface area contributed by atoms with Gasteiger partial charge in [0, 0.05) is 27.6 Å². The molecule has 0 N–H and O–H groups in total. The van der Waals surface area contributed by atoms with Gasteiger partial charge in [0.2, 0.25) is 5.89 Å². The van der Waals surface area contributed by atoms with Gasteiger partial charge in [0.05, 0.1) is 0 Å². The lowest BCUT2D eigenvalue weighted by Gasteiger charge is -2.11. The Morgan fingerprint density at radius 1 is 0.362 bits per heavy atom. The zero-order valence-electron chi connectivity index (χ0n) is 25.2. The molecule has 0 aliphatic rings. The lowest BCUT2D eigenvalue weighted by Crippen LogP contribution is -2.00. The largest absolute Gasteiger partial charge is 0.435 e. The van der Waals surface area contributed by atoms with Crippen molar-refractivity contribution in [1.29, 1.82) is 0 Å². The van der Waals surface area contributed by atoms with Crippen molar-refractivity contribution in [3.63, 3.8) is 0 Å². The summed E-state index contributed by atoms with van der Waals surface area (Å²) in [5.74, 6) is 2.37. The monoisotopic (exact) mass is 602 g/mol. The van der Waals surface area contributed by atoms with Gasteiger partial charge in [-0.2, -0.15) is 0 Å². The van der Waals surface area contributed by atoms with E-state index in [1.54, 1.807) is 0 Å². The van der Waals surface area contributed by atoms with Gasteiger partial charge < -0.3 is 4.42 Å². The molecule has 2 aromatic heterocycles. The fourth-order valence-corrected chi connectivity index (χ4v) is 6.18. The molecule has 0 saturated carbocycles. The molecule has 9 aromatic rings. The van der Waals surface area contributed by atoms with Crippen LogP contribution in [0.1, 0.15) is 0 Å². The Kier molecular flexibility index (Phi) is 6.39. The molecule has 9 rings (SSSR count). The summed E-state index contributed by atoms with van der Waals surface area (Å²) in [4.78, 5) is 20.0. The third-order valence-corrected chi connectivity index (χ3v) is 8.53. The van der Waals surface area contributed by atoms with E-state index in [2.05, 4.69) is 72.8 Å². The fraction of sp³-hybridized carbons (Fsp3) is 0. The normalized spacial score (nSPS) is 11.4. The molecular weight excluding hydrogens is 576 g/mol. The van der Waals surface area contributed by atoms with E-state index in [1.165, 1.54) is 11.1 Å². The van der Waals surface area contributed by atoms with Crippen LogP contribution in [0.15, 0.2) is 162 Å². The van der Waals surface area contributed by atoms with Gasteiger partial charge in [-0.25, -0.2) is 19.9 Å². The van der Waals surface area contributed by atoms with E-state index >= 15 is 0 Å². The van der Waals surface area contributed by atoms with Crippen LogP contribution in [0.2, 0.25) is 0 Å². The Balaban J connectivity index is 1.23. The quantitative estimate of drug-likeness (QED) is 0.196. The van der Waals surface area contributed by atoms with E-state index < -0.39 is 0 Å². The summed E-state index contributed by atoms with van der Waals surface area (Å²) in [6.07, 6.45) is 0. The Morgan fingerprint density at radius 3 is 1.66 bits per heavy atom. The van der Waals surface area contributed by atoms with Crippen molar-refractivity contribution >= 4 is 32.6 Å². The molecule has 7 aromatic carbocycles. The van der Waals surface area contributed by atoms with Crippen LogP contribution in [0.25, 0.3) is 89.4 Å². The molecule has 0 bridgehead atoms. The van der Waals surface area contributed by atoms with Crippen LogP contribution in [0.3, 0.4) is 0 Å². The molecule has 0 fully saturated rings. The maximum Gasteiger partial charge on any atom is 0.227 e. The van der Waals surface area contributed by atoms with Gasteiger partial charge >= 0.3 is 0 Å². The first kappa shape index (κ1) is 26.9. The molecule has 47 heavy (non-hydrogen) atoms. The summed E-state index contributed by atoms with van der Waals surface area (Å²) in [6, 6.07) is 53.6. The molecule has 0 radical (unpaired) electrons. The van der Waals surface area contributed by atoms with Gasteiger partial charge in [0.15, 0.2) is 23.1 Å². The minimum atomic E-state index is 0.573. The van der Waals surface area contributed by atoms with Crippen LogP contribution in [0.4, 0.5) is 0 Å². The fourth-order valence-electron chi connectivity index (χ4n) is 6.18. The second-order valence-electron chi connectivity index (χ2n) is 11.5. The molecule has 0 saturated heterocycles. The molecule has 0 aliphatic carbocycles. The van der Waals surface area contributed by atoms with Gasteiger partial charge in [-0.3, -0.25) is 0 Å². The van der Waals surface area contributed by atoms with Crippen molar-refractivity contribution in [3.05, 3.63) is 158 Å². The predicted molar refractivity (Wildman–Crippen MR) is 190 cm³/mol. The molecule has 0 spiro atoms. The van der Waals surface area contributed by atoms with E-state index in [-0.39, 0.29) is 0 Å². The van der Waals surface area contributed by atoms with E-state index in [0.29, 0.717) is 28.9 Å². The lowest BCUT2D eigenvalue weighted by molar-refractivity contribution is 0.623. The predicted octanol–water partition coefficient (Wildman–Crippen LogP) is 10.7.